The van der Waals surface area contributed by atoms with E-state index in [4.69, 9.17) is 51.8 Å². The molecular weight excluding hydrogens is 1060 g/mol. The summed E-state index contributed by atoms with van der Waals surface area (Å²) in [5, 5.41) is 0.683. The number of nitrogens with zero attached hydrogens (tertiary/aromatic N) is 4. The van der Waals surface area contributed by atoms with Crippen molar-refractivity contribution in [1.82, 2.24) is 19.3 Å². The third-order valence-electron chi connectivity index (χ3n) is 14.4. The molecule has 82 heavy (non-hydrogen) atoms. The molecule has 0 radical (unpaired) electrons. The highest BCUT2D eigenvalue weighted by Gasteiger charge is 2.44. The van der Waals surface area contributed by atoms with Crippen molar-refractivity contribution in [3.05, 3.63) is 64.5 Å². The first-order chi connectivity index (χ1) is 38.6. The van der Waals surface area contributed by atoms with Gasteiger partial charge in [-0.1, -0.05) is 12.6 Å². The van der Waals surface area contributed by atoms with Crippen LogP contribution in [0.15, 0.2) is 57.8 Å². The topological polar surface area (TPSA) is 240 Å². The lowest BCUT2D eigenvalue weighted by Gasteiger charge is -2.29. The van der Waals surface area contributed by atoms with E-state index in [1.54, 1.807) is 97.2 Å². The smallest absolute Gasteiger partial charge is 0.411 e. The maximum atomic E-state index is 14.9. The van der Waals surface area contributed by atoms with Gasteiger partial charge in [-0.3, -0.25) is 14.7 Å². The Balaban J connectivity index is 1.21. The van der Waals surface area contributed by atoms with Gasteiger partial charge in [0.1, 0.15) is 40.0 Å². The third-order valence-corrected chi connectivity index (χ3v) is 14.4. The molecule has 2 aromatic heterocycles. The van der Waals surface area contributed by atoms with Crippen LogP contribution in [0.5, 0.6) is 40.2 Å². The van der Waals surface area contributed by atoms with E-state index in [1.807, 2.05) is 0 Å². The number of rotatable bonds is 11. The summed E-state index contributed by atoms with van der Waals surface area (Å²) in [6.07, 6.45) is 0.208. The predicted octanol–water partition coefficient (Wildman–Crippen LogP) is 9.75. The molecule has 0 aliphatic carbocycles. The van der Waals surface area contributed by atoms with Gasteiger partial charge in [0.15, 0.2) is 40.5 Å². The summed E-state index contributed by atoms with van der Waals surface area (Å²) >= 11 is 0. The predicted molar refractivity (Wildman–Crippen MR) is 298 cm³/mol. The number of aryl methyl sites for hydroxylation is 1. The molecule has 4 aliphatic rings. The fraction of sp³-hybridized carbons (Fsp3) is 0.483. The third kappa shape index (κ3) is 11.3. The molecule has 438 valence electrons. The van der Waals surface area contributed by atoms with Crippen LogP contribution >= 0.6 is 0 Å². The van der Waals surface area contributed by atoms with Crippen LogP contribution in [0.4, 0.5) is 14.4 Å². The van der Waals surface area contributed by atoms with E-state index in [-0.39, 0.29) is 77.4 Å². The number of hydrogen-bond donors (Lipinski definition) is 0. The number of carbonyl (C=O) groups excluding carboxylic acids is 6. The molecule has 0 spiro atoms. The van der Waals surface area contributed by atoms with Crippen molar-refractivity contribution in [3.8, 4) is 62.6 Å². The fourth-order valence-corrected chi connectivity index (χ4v) is 11.0. The highest BCUT2D eigenvalue weighted by molar-refractivity contribution is 6.17. The van der Waals surface area contributed by atoms with Gasteiger partial charge in [0.05, 0.1) is 34.1 Å². The number of hydrogen-bond acceptors (Lipinski definition) is 18. The van der Waals surface area contributed by atoms with Crippen LogP contribution in [0.3, 0.4) is 0 Å². The first kappa shape index (κ1) is 58.2. The molecule has 3 fully saturated rings. The molecule has 0 bridgehead atoms. The van der Waals surface area contributed by atoms with Crippen LogP contribution in [-0.2, 0) is 41.6 Å². The van der Waals surface area contributed by atoms with Crippen LogP contribution in [0.1, 0.15) is 100.0 Å². The summed E-state index contributed by atoms with van der Waals surface area (Å²) in [4.78, 5) is 101. The summed E-state index contributed by atoms with van der Waals surface area (Å²) in [5.41, 5.74) is -0.452. The lowest BCUT2D eigenvalue weighted by Crippen LogP contribution is -2.45. The van der Waals surface area contributed by atoms with Gasteiger partial charge in [0.2, 0.25) is 5.75 Å². The first-order valence-electron chi connectivity index (χ1n) is 27.1. The molecule has 3 saturated heterocycles. The number of amides is 3. The largest absolute Gasteiger partial charge is 0.493 e. The monoisotopic (exact) mass is 1130 g/mol. The van der Waals surface area contributed by atoms with Crippen molar-refractivity contribution < 1.29 is 80.6 Å². The molecule has 3 aromatic carbocycles. The Morgan fingerprint density at radius 3 is 1.68 bits per heavy atom. The molecule has 22 nitrogen and oxygen atoms in total. The molecule has 3 amide bonds. The Morgan fingerprint density at radius 1 is 0.573 bits per heavy atom. The highest BCUT2D eigenvalue weighted by Crippen LogP contribution is 2.54. The second-order valence-electron chi connectivity index (χ2n) is 23.5. The number of aromatic nitrogens is 1. The number of methoxy groups -OCH3 is 4. The second kappa shape index (κ2) is 22.1. The van der Waals surface area contributed by atoms with Gasteiger partial charge in [-0.2, -0.15) is 0 Å². The van der Waals surface area contributed by atoms with E-state index in [1.165, 1.54) is 49.2 Å². The number of fused-ring (bicyclic) bond motifs is 7. The van der Waals surface area contributed by atoms with Gasteiger partial charge >= 0.3 is 41.8 Å². The first-order valence-corrected chi connectivity index (χ1v) is 27.1. The molecular formula is C60H70N4O18. The van der Waals surface area contributed by atoms with Gasteiger partial charge < -0.3 is 56.4 Å². The lowest BCUT2D eigenvalue weighted by atomic mass is 9.91. The quantitative estimate of drug-likeness (QED) is 0.0393. The minimum Gasteiger partial charge on any atom is -0.493 e. The van der Waals surface area contributed by atoms with Gasteiger partial charge in [-0.05, 0) is 136 Å². The van der Waals surface area contributed by atoms with Crippen LogP contribution in [0, 0.1) is 0 Å². The zero-order valence-corrected chi connectivity index (χ0v) is 48.6. The Bertz CT molecular complexity index is 3500. The Hall–Kier alpha value is -8.43. The Kier molecular flexibility index (Phi) is 15.7. The molecule has 22 heteroatoms. The van der Waals surface area contributed by atoms with Crippen molar-refractivity contribution in [2.45, 2.75) is 142 Å². The molecule has 6 heterocycles. The molecule has 0 N–H and O–H groups in total. The van der Waals surface area contributed by atoms with E-state index >= 15 is 0 Å². The summed E-state index contributed by atoms with van der Waals surface area (Å²) in [7, 11) is 5.62. The minimum absolute atomic E-state index is 0.0172. The minimum atomic E-state index is -1.20. The van der Waals surface area contributed by atoms with Crippen LogP contribution in [0.2, 0.25) is 0 Å². The second-order valence-corrected chi connectivity index (χ2v) is 23.5. The van der Waals surface area contributed by atoms with Gasteiger partial charge in [0.25, 0.3) is 0 Å². The van der Waals surface area contributed by atoms with Crippen LogP contribution in [-0.4, -0.2) is 138 Å². The van der Waals surface area contributed by atoms with Crippen molar-refractivity contribution in [1.29, 1.82) is 0 Å². The molecule has 5 aromatic rings. The van der Waals surface area contributed by atoms with Crippen molar-refractivity contribution in [3.63, 3.8) is 0 Å². The zero-order valence-electron chi connectivity index (χ0n) is 48.6. The maximum Gasteiger partial charge on any atom is 0.411 e. The van der Waals surface area contributed by atoms with E-state index in [2.05, 4.69) is 6.58 Å². The number of likely N-dealkylation sites (tertiary alicyclic amines) is 3. The fourth-order valence-electron chi connectivity index (χ4n) is 11.0. The number of esters is 3. The van der Waals surface area contributed by atoms with Crippen molar-refractivity contribution in [2.75, 3.05) is 48.1 Å². The Morgan fingerprint density at radius 2 is 1.12 bits per heavy atom. The standard InChI is InChI=1S/C60H70N4O18/c1-31-21-25-64(57(71)82-60(8,9)10)46(31)53(67)78-42-30-39-35(29-41(42)73-12)45-44(32-19-20-38(40(27-32)72-11)76-51(65)36-17-15-23-61(36)55(69)80-58(2,3)4)47-34-28-43(74-13)50(75-14)49(33(34)22-26-63(47)48(45)54(68)77-39)79-52(66)37-18-16-24-62(37)56(70)81-59(5,6)7/h19-20,27-30,36-37,46H,1,15-18,21-26H2,2-14H3/t36-,37-,46-/m0/s1. The number of ether oxygens (including phenoxy) is 10. The van der Waals surface area contributed by atoms with Crippen molar-refractivity contribution in [2.24, 2.45) is 0 Å². The average molecular weight is 1140 g/mol. The molecule has 9 rings (SSSR count). The van der Waals surface area contributed by atoms with E-state index in [9.17, 15) is 33.6 Å². The van der Waals surface area contributed by atoms with Gasteiger partial charge in [-0.15, -0.1) is 0 Å². The Labute approximate surface area is 473 Å². The van der Waals surface area contributed by atoms with Gasteiger partial charge in [-0.25, -0.2) is 33.6 Å². The van der Waals surface area contributed by atoms with Crippen LogP contribution in [0.25, 0.3) is 44.3 Å². The molecule has 4 aliphatic heterocycles. The number of carbonyl (C=O) groups is 6. The summed E-state index contributed by atoms with van der Waals surface area (Å²) in [6, 6.07) is 6.38. The highest BCUT2D eigenvalue weighted by atomic mass is 16.6. The van der Waals surface area contributed by atoms with Gasteiger partial charge in [0, 0.05) is 59.7 Å². The molecule has 3 atom stereocenters. The zero-order chi connectivity index (χ0) is 59.5. The van der Waals surface area contributed by atoms with E-state index in [0.717, 1.165) is 0 Å². The average Bonchev–Trinajstić information content (AvgIpc) is 2.26. The summed E-state index contributed by atoms with van der Waals surface area (Å²) in [5.74, 6) is -1.90. The van der Waals surface area contributed by atoms with E-state index in [0.29, 0.717) is 82.9 Å². The molecule has 0 unspecified atom stereocenters. The van der Waals surface area contributed by atoms with E-state index < -0.39 is 76.7 Å². The normalized spacial score (nSPS) is 18.0. The molecule has 0 saturated carbocycles. The summed E-state index contributed by atoms with van der Waals surface area (Å²) in [6.45, 7) is 20.5. The van der Waals surface area contributed by atoms with Crippen LogP contribution < -0.4 is 38.8 Å². The lowest BCUT2D eigenvalue weighted by molar-refractivity contribution is -0.140. The summed E-state index contributed by atoms with van der Waals surface area (Å²) < 4.78 is 66.9. The van der Waals surface area contributed by atoms with Crippen molar-refractivity contribution >= 4 is 58.1 Å². The maximum absolute atomic E-state index is 14.9. The SMILES string of the molecule is C=C1CCN(C(=O)OC(C)(C)C)[C@@H]1C(=O)Oc1cc2oc(=O)c3c(c(-c4ccc(OC(=O)[C@@H]5CCCN5C(=O)OC(C)(C)C)c(OC)c4)c4n3CCc3c-4cc(OC)c(OC)c3OC(=O)[C@@H]3CCCN3C(=O)OC(C)(C)C)c2cc1OC. The number of benzene rings is 3.